The number of hydrogen-bond donors (Lipinski definition) is 1. The molecular weight excluding hydrogens is 244 g/mol. The summed E-state index contributed by atoms with van der Waals surface area (Å²) in [5.41, 5.74) is 2.88. The van der Waals surface area contributed by atoms with Gasteiger partial charge in [-0.15, -0.1) is 0 Å². The van der Waals surface area contributed by atoms with E-state index in [-0.39, 0.29) is 0 Å². The first kappa shape index (κ1) is 14.1. The summed E-state index contributed by atoms with van der Waals surface area (Å²) in [5, 5.41) is 3.51. The third-order valence-corrected chi connectivity index (χ3v) is 5.28. The lowest BCUT2D eigenvalue weighted by Crippen LogP contribution is -2.56. The molecule has 2 atom stereocenters. The molecule has 2 saturated heterocycles. The van der Waals surface area contributed by atoms with Gasteiger partial charge in [-0.05, 0) is 51.6 Å². The minimum absolute atomic E-state index is 0.750. The molecule has 2 heterocycles. The van der Waals surface area contributed by atoms with Crippen molar-refractivity contribution < 1.29 is 0 Å². The van der Waals surface area contributed by atoms with Crippen LogP contribution >= 0.6 is 0 Å². The predicted molar refractivity (Wildman–Crippen MR) is 85.1 cm³/mol. The van der Waals surface area contributed by atoms with E-state index in [1.54, 1.807) is 0 Å². The standard InChI is InChI=1S/C18H28N2/c1-14-5-3-6-15(11-14)9-10-20-17-7-4-8-18(20)13-16(12-17)19-2/h3,5-6,11,16-19H,4,7-10,12-13H2,1-2H3. The van der Waals surface area contributed by atoms with Crippen LogP contribution in [0.15, 0.2) is 24.3 Å². The Morgan fingerprint density at radius 1 is 1.20 bits per heavy atom. The van der Waals surface area contributed by atoms with Crippen LogP contribution in [0.5, 0.6) is 0 Å². The third kappa shape index (κ3) is 3.07. The molecule has 2 heteroatoms. The van der Waals surface area contributed by atoms with Crippen LogP contribution in [-0.2, 0) is 6.42 Å². The van der Waals surface area contributed by atoms with Crippen molar-refractivity contribution in [3.63, 3.8) is 0 Å². The Labute approximate surface area is 123 Å². The topological polar surface area (TPSA) is 15.3 Å². The van der Waals surface area contributed by atoms with Crippen LogP contribution in [0.25, 0.3) is 0 Å². The zero-order chi connectivity index (χ0) is 13.9. The maximum atomic E-state index is 3.51. The molecule has 0 radical (unpaired) electrons. The molecule has 2 aliphatic rings. The van der Waals surface area contributed by atoms with E-state index < -0.39 is 0 Å². The van der Waals surface area contributed by atoms with Gasteiger partial charge in [-0.1, -0.05) is 36.2 Å². The third-order valence-electron chi connectivity index (χ3n) is 5.28. The average molecular weight is 272 g/mol. The quantitative estimate of drug-likeness (QED) is 0.906. The second-order valence-electron chi connectivity index (χ2n) is 6.67. The molecule has 2 aliphatic heterocycles. The normalized spacial score (nSPS) is 30.4. The Balaban J connectivity index is 1.62. The fourth-order valence-corrected chi connectivity index (χ4v) is 4.21. The van der Waals surface area contributed by atoms with Crippen molar-refractivity contribution in [2.24, 2.45) is 0 Å². The first-order valence-electron chi connectivity index (χ1n) is 8.25. The molecule has 3 rings (SSSR count). The lowest BCUT2D eigenvalue weighted by Gasteiger charge is -2.49. The fourth-order valence-electron chi connectivity index (χ4n) is 4.21. The maximum Gasteiger partial charge on any atom is 0.0113 e. The molecule has 2 bridgehead atoms. The summed E-state index contributed by atoms with van der Waals surface area (Å²) in [7, 11) is 2.13. The van der Waals surface area contributed by atoms with Gasteiger partial charge in [0.1, 0.15) is 0 Å². The molecular formula is C18H28N2. The Morgan fingerprint density at radius 3 is 2.60 bits per heavy atom. The summed E-state index contributed by atoms with van der Waals surface area (Å²) < 4.78 is 0. The van der Waals surface area contributed by atoms with E-state index >= 15 is 0 Å². The monoisotopic (exact) mass is 272 g/mol. The highest BCUT2D eigenvalue weighted by Crippen LogP contribution is 2.34. The molecule has 0 aliphatic carbocycles. The molecule has 1 aromatic rings. The van der Waals surface area contributed by atoms with E-state index in [9.17, 15) is 0 Å². The van der Waals surface area contributed by atoms with Gasteiger partial charge in [-0.2, -0.15) is 0 Å². The van der Waals surface area contributed by atoms with E-state index in [0.717, 1.165) is 18.1 Å². The van der Waals surface area contributed by atoms with Crippen LogP contribution in [-0.4, -0.2) is 36.6 Å². The van der Waals surface area contributed by atoms with Crippen molar-refractivity contribution in [1.29, 1.82) is 0 Å². The summed E-state index contributed by atoms with van der Waals surface area (Å²) in [6.07, 6.45) is 8.15. The molecule has 110 valence electrons. The van der Waals surface area contributed by atoms with E-state index in [2.05, 4.69) is 48.5 Å². The van der Waals surface area contributed by atoms with E-state index in [1.165, 1.54) is 56.2 Å². The van der Waals surface area contributed by atoms with Crippen LogP contribution in [0.1, 0.15) is 43.2 Å². The molecule has 2 unspecified atom stereocenters. The van der Waals surface area contributed by atoms with Crippen molar-refractivity contribution >= 4 is 0 Å². The van der Waals surface area contributed by atoms with E-state index in [1.807, 2.05) is 0 Å². The molecule has 2 fully saturated rings. The Hall–Kier alpha value is -0.860. The molecule has 0 spiro atoms. The zero-order valence-corrected chi connectivity index (χ0v) is 12.9. The maximum absolute atomic E-state index is 3.51. The SMILES string of the molecule is CNC1CC2CCCC(C1)N2CCc1cccc(C)c1. The van der Waals surface area contributed by atoms with Crippen molar-refractivity contribution in [3.8, 4) is 0 Å². The summed E-state index contributed by atoms with van der Waals surface area (Å²) >= 11 is 0. The number of nitrogens with zero attached hydrogens (tertiary/aromatic N) is 1. The summed E-state index contributed by atoms with van der Waals surface area (Å²) in [6, 6.07) is 11.4. The van der Waals surface area contributed by atoms with Gasteiger partial charge in [0.2, 0.25) is 0 Å². The van der Waals surface area contributed by atoms with Gasteiger partial charge >= 0.3 is 0 Å². The van der Waals surface area contributed by atoms with Gasteiger partial charge in [0.05, 0.1) is 0 Å². The lowest BCUT2D eigenvalue weighted by molar-refractivity contribution is 0.0271. The lowest BCUT2D eigenvalue weighted by atomic mass is 9.81. The van der Waals surface area contributed by atoms with Crippen molar-refractivity contribution in [2.45, 2.75) is 63.6 Å². The molecule has 2 nitrogen and oxygen atoms in total. The fraction of sp³-hybridized carbons (Fsp3) is 0.667. The van der Waals surface area contributed by atoms with Gasteiger partial charge < -0.3 is 5.32 Å². The van der Waals surface area contributed by atoms with Crippen molar-refractivity contribution in [3.05, 3.63) is 35.4 Å². The average Bonchev–Trinajstić information content (AvgIpc) is 2.44. The first-order chi connectivity index (χ1) is 9.76. The van der Waals surface area contributed by atoms with Crippen LogP contribution in [0, 0.1) is 6.92 Å². The number of benzene rings is 1. The second-order valence-corrected chi connectivity index (χ2v) is 6.67. The number of hydrogen-bond acceptors (Lipinski definition) is 2. The minimum Gasteiger partial charge on any atom is -0.317 e. The van der Waals surface area contributed by atoms with Gasteiger partial charge in [0, 0.05) is 24.7 Å². The summed E-state index contributed by atoms with van der Waals surface area (Å²) in [4.78, 5) is 2.82. The molecule has 0 aromatic heterocycles. The second kappa shape index (κ2) is 6.28. The van der Waals surface area contributed by atoms with Gasteiger partial charge in [0.25, 0.3) is 0 Å². The smallest absolute Gasteiger partial charge is 0.0113 e. The summed E-state index contributed by atoms with van der Waals surface area (Å²) in [6.45, 7) is 3.44. The minimum atomic E-state index is 0.750. The largest absolute Gasteiger partial charge is 0.317 e. The van der Waals surface area contributed by atoms with Crippen molar-refractivity contribution in [1.82, 2.24) is 10.2 Å². The highest BCUT2D eigenvalue weighted by Gasteiger charge is 2.37. The van der Waals surface area contributed by atoms with Crippen LogP contribution < -0.4 is 5.32 Å². The van der Waals surface area contributed by atoms with Crippen LogP contribution in [0.3, 0.4) is 0 Å². The van der Waals surface area contributed by atoms with Crippen molar-refractivity contribution in [2.75, 3.05) is 13.6 Å². The molecule has 1 aromatic carbocycles. The number of rotatable bonds is 4. The molecule has 0 amide bonds. The van der Waals surface area contributed by atoms with Crippen LogP contribution in [0.4, 0.5) is 0 Å². The Morgan fingerprint density at radius 2 is 1.95 bits per heavy atom. The van der Waals surface area contributed by atoms with Gasteiger partial charge in [-0.25, -0.2) is 0 Å². The van der Waals surface area contributed by atoms with Crippen LogP contribution in [0.2, 0.25) is 0 Å². The number of fused-ring (bicyclic) bond motifs is 2. The van der Waals surface area contributed by atoms with E-state index in [0.29, 0.717) is 0 Å². The predicted octanol–water partition coefficient (Wildman–Crippen LogP) is 3.14. The zero-order valence-electron chi connectivity index (χ0n) is 12.9. The number of aryl methyl sites for hydroxylation is 1. The van der Waals surface area contributed by atoms with E-state index in [4.69, 9.17) is 0 Å². The van der Waals surface area contributed by atoms with Gasteiger partial charge in [-0.3, -0.25) is 4.90 Å². The van der Waals surface area contributed by atoms with Gasteiger partial charge in [0.15, 0.2) is 0 Å². The molecule has 1 N–H and O–H groups in total. The summed E-state index contributed by atoms with van der Waals surface area (Å²) in [5.74, 6) is 0. The number of piperidine rings is 2. The highest BCUT2D eigenvalue weighted by atomic mass is 15.2. The highest BCUT2D eigenvalue weighted by molar-refractivity contribution is 5.22. The molecule has 0 saturated carbocycles. The molecule has 20 heavy (non-hydrogen) atoms. The Kier molecular flexibility index (Phi) is 4.42. The Bertz CT molecular complexity index is 429. The number of nitrogens with one attached hydrogen (secondary N) is 1. The first-order valence-corrected chi connectivity index (χ1v) is 8.25.